The summed E-state index contributed by atoms with van der Waals surface area (Å²) < 4.78 is 1.76. The lowest BCUT2D eigenvalue weighted by Gasteiger charge is -2.03. The molecule has 0 saturated heterocycles. The molecule has 0 spiro atoms. The van der Waals surface area contributed by atoms with E-state index in [2.05, 4.69) is 15.4 Å². The van der Waals surface area contributed by atoms with E-state index in [4.69, 9.17) is 0 Å². The summed E-state index contributed by atoms with van der Waals surface area (Å²) in [6.45, 7) is 1.93. The van der Waals surface area contributed by atoms with Gasteiger partial charge in [-0.15, -0.1) is 0 Å². The minimum atomic E-state index is -0.0532. The number of nitrogens with one attached hydrogen (secondary N) is 1. The highest BCUT2D eigenvalue weighted by Crippen LogP contribution is 2.28. The smallest absolute Gasteiger partial charge is 0.230 e. The van der Waals surface area contributed by atoms with Crippen molar-refractivity contribution in [3.8, 4) is 0 Å². The van der Waals surface area contributed by atoms with Crippen LogP contribution in [0.25, 0.3) is 0 Å². The van der Waals surface area contributed by atoms with Gasteiger partial charge < -0.3 is 5.32 Å². The lowest BCUT2D eigenvalue weighted by atomic mass is 10.2. The summed E-state index contributed by atoms with van der Waals surface area (Å²) in [4.78, 5) is 16.5. The molecule has 1 aliphatic rings. The first kappa shape index (κ1) is 11.6. The van der Waals surface area contributed by atoms with Crippen molar-refractivity contribution >= 4 is 23.0 Å². The predicted octanol–water partition coefficient (Wildman–Crippen LogP) is 2.19. The Balaban J connectivity index is 2.13. The molecule has 1 aromatic carbocycles. The zero-order valence-corrected chi connectivity index (χ0v) is 10.8. The van der Waals surface area contributed by atoms with E-state index in [1.165, 1.54) is 0 Å². The average Bonchev–Trinajstić information content (AvgIpc) is 2.60. The monoisotopic (exact) mass is 254 g/mol. The number of anilines is 1. The van der Waals surface area contributed by atoms with Crippen LogP contribution in [-0.4, -0.2) is 21.4 Å². The van der Waals surface area contributed by atoms with Crippen molar-refractivity contribution in [2.24, 2.45) is 12.0 Å². The van der Waals surface area contributed by atoms with E-state index >= 15 is 0 Å². The predicted molar refractivity (Wildman–Crippen MR) is 73.8 cm³/mol. The van der Waals surface area contributed by atoms with Gasteiger partial charge in [-0.05, 0) is 25.1 Å². The van der Waals surface area contributed by atoms with Gasteiger partial charge in [-0.2, -0.15) is 5.10 Å². The van der Waals surface area contributed by atoms with Crippen molar-refractivity contribution in [3.05, 3.63) is 41.7 Å². The number of hydrogen-bond donors (Lipinski definition) is 1. The first-order valence-corrected chi connectivity index (χ1v) is 6.11. The second kappa shape index (κ2) is 4.35. The molecule has 0 fully saturated rings. The number of carbonyl (C=O) groups excluding carboxylic acids is 1. The number of fused-ring (bicyclic) bond motifs is 1. The topological polar surface area (TPSA) is 59.3 Å². The first-order chi connectivity index (χ1) is 9.13. The SMILES string of the molecule is Cc1cc(C2=Nc3ccccc3NC(=O)C2)n(C)n1. The molecule has 5 heteroatoms. The number of aromatic nitrogens is 2. The summed E-state index contributed by atoms with van der Waals surface area (Å²) in [6.07, 6.45) is 0.258. The summed E-state index contributed by atoms with van der Waals surface area (Å²) in [7, 11) is 1.86. The molecule has 1 N–H and O–H groups in total. The zero-order valence-electron chi connectivity index (χ0n) is 10.8. The second-order valence-electron chi connectivity index (χ2n) is 4.60. The largest absolute Gasteiger partial charge is 0.324 e. The van der Waals surface area contributed by atoms with Crippen LogP contribution in [0.4, 0.5) is 11.4 Å². The van der Waals surface area contributed by atoms with Gasteiger partial charge in [0, 0.05) is 7.05 Å². The van der Waals surface area contributed by atoms with Crippen molar-refractivity contribution in [2.45, 2.75) is 13.3 Å². The Morgan fingerprint density at radius 2 is 2.11 bits per heavy atom. The summed E-state index contributed by atoms with van der Waals surface area (Å²) in [6, 6.07) is 9.48. The van der Waals surface area contributed by atoms with Crippen LogP contribution in [0.2, 0.25) is 0 Å². The molecule has 5 nitrogen and oxygen atoms in total. The van der Waals surface area contributed by atoms with E-state index in [0.717, 1.165) is 28.5 Å². The third-order valence-electron chi connectivity index (χ3n) is 3.06. The van der Waals surface area contributed by atoms with Crippen LogP contribution in [0, 0.1) is 6.92 Å². The van der Waals surface area contributed by atoms with Gasteiger partial charge in [-0.1, -0.05) is 12.1 Å². The first-order valence-electron chi connectivity index (χ1n) is 6.11. The number of nitrogens with zero attached hydrogens (tertiary/aromatic N) is 3. The normalized spacial score (nSPS) is 14.4. The van der Waals surface area contributed by atoms with E-state index in [0.29, 0.717) is 0 Å². The molecule has 3 rings (SSSR count). The molecule has 0 radical (unpaired) electrons. The van der Waals surface area contributed by atoms with Crippen LogP contribution in [0.3, 0.4) is 0 Å². The van der Waals surface area contributed by atoms with Crippen molar-refractivity contribution in [3.63, 3.8) is 0 Å². The standard InChI is InChI=1S/C14H14N4O/c1-9-7-13(18(2)17-9)12-8-14(19)16-11-6-4-3-5-10(11)15-12/h3-7H,8H2,1-2H3,(H,16,19). The molecule has 96 valence electrons. The van der Waals surface area contributed by atoms with Crippen molar-refractivity contribution in [2.75, 3.05) is 5.32 Å². The van der Waals surface area contributed by atoms with Gasteiger partial charge in [-0.3, -0.25) is 9.48 Å². The fraction of sp³-hybridized carbons (Fsp3) is 0.214. The lowest BCUT2D eigenvalue weighted by molar-refractivity contribution is -0.115. The van der Waals surface area contributed by atoms with Gasteiger partial charge in [0.2, 0.25) is 5.91 Å². The highest BCUT2D eigenvalue weighted by Gasteiger charge is 2.19. The van der Waals surface area contributed by atoms with Crippen LogP contribution >= 0.6 is 0 Å². The molecule has 1 aromatic heterocycles. The molecule has 1 amide bonds. The number of amides is 1. The van der Waals surface area contributed by atoms with Gasteiger partial charge in [0.1, 0.15) is 0 Å². The van der Waals surface area contributed by atoms with Gasteiger partial charge in [0.05, 0.1) is 34.9 Å². The number of aliphatic imine (C=N–C) groups is 1. The third kappa shape index (κ3) is 2.14. The highest BCUT2D eigenvalue weighted by atomic mass is 16.1. The van der Waals surface area contributed by atoms with Crippen molar-refractivity contribution < 1.29 is 4.79 Å². The van der Waals surface area contributed by atoms with E-state index in [1.807, 2.05) is 44.3 Å². The fourth-order valence-electron chi connectivity index (χ4n) is 2.24. The number of benzene rings is 1. The molecule has 1 aliphatic heterocycles. The fourth-order valence-corrected chi connectivity index (χ4v) is 2.24. The number of hydrogen-bond acceptors (Lipinski definition) is 3. The third-order valence-corrected chi connectivity index (χ3v) is 3.06. The van der Waals surface area contributed by atoms with Crippen LogP contribution in [0.5, 0.6) is 0 Å². The van der Waals surface area contributed by atoms with E-state index in [1.54, 1.807) is 4.68 Å². The minimum Gasteiger partial charge on any atom is -0.324 e. The second-order valence-corrected chi connectivity index (χ2v) is 4.60. The summed E-state index contributed by atoms with van der Waals surface area (Å²) >= 11 is 0. The van der Waals surface area contributed by atoms with Crippen LogP contribution in [-0.2, 0) is 11.8 Å². The van der Waals surface area contributed by atoms with Gasteiger partial charge in [0.15, 0.2) is 0 Å². The Kier molecular flexibility index (Phi) is 2.67. The van der Waals surface area contributed by atoms with Crippen molar-refractivity contribution in [1.29, 1.82) is 0 Å². The summed E-state index contributed by atoms with van der Waals surface area (Å²) in [5.74, 6) is -0.0532. The van der Waals surface area contributed by atoms with Crippen LogP contribution in [0.1, 0.15) is 17.8 Å². The van der Waals surface area contributed by atoms with E-state index in [9.17, 15) is 4.79 Å². The highest BCUT2D eigenvalue weighted by molar-refractivity contribution is 6.16. The maximum absolute atomic E-state index is 11.9. The molecule has 0 unspecified atom stereocenters. The Morgan fingerprint density at radius 1 is 1.32 bits per heavy atom. The Labute approximate surface area is 111 Å². The quantitative estimate of drug-likeness (QED) is 0.848. The molecular weight excluding hydrogens is 240 g/mol. The van der Waals surface area contributed by atoms with E-state index in [-0.39, 0.29) is 12.3 Å². The lowest BCUT2D eigenvalue weighted by Crippen LogP contribution is -2.16. The van der Waals surface area contributed by atoms with Gasteiger partial charge >= 0.3 is 0 Å². The molecule has 0 atom stereocenters. The Hall–Kier alpha value is -2.43. The molecular formula is C14H14N4O. The molecule has 2 aromatic rings. The number of carbonyl (C=O) groups is 1. The molecule has 0 aliphatic carbocycles. The maximum atomic E-state index is 11.9. The maximum Gasteiger partial charge on any atom is 0.230 e. The van der Waals surface area contributed by atoms with Crippen LogP contribution < -0.4 is 5.32 Å². The molecule has 0 saturated carbocycles. The zero-order chi connectivity index (χ0) is 13.4. The summed E-state index contributed by atoms with van der Waals surface area (Å²) in [5, 5.41) is 7.17. The van der Waals surface area contributed by atoms with Gasteiger partial charge in [0.25, 0.3) is 0 Å². The van der Waals surface area contributed by atoms with Crippen LogP contribution in [0.15, 0.2) is 35.3 Å². The van der Waals surface area contributed by atoms with Gasteiger partial charge in [-0.25, -0.2) is 4.99 Å². The van der Waals surface area contributed by atoms with Crippen molar-refractivity contribution in [1.82, 2.24) is 9.78 Å². The minimum absolute atomic E-state index is 0.0532. The Bertz CT molecular complexity index is 685. The summed E-state index contributed by atoms with van der Waals surface area (Å²) in [5.41, 5.74) is 4.07. The average molecular weight is 254 g/mol. The molecule has 19 heavy (non-hydrogen) atoms. The Morgan fingerprint density at radius 3 is 2.84 bits per heavy atom. The van der Waals surface area contributed by atoms with E-state index < -0.39 is 0 Å². The number of aryl methyl sites for hydroxylation is 2. The number of rotatable bonds is 1. The molecule has 2 heterocycles. The number of para-hydroxylation sites is 2. The molecule has 0 bridgehead atoms.